The number of aromatic nitrogens is 1. The summed E-state index contributed by atoms with van der Waals surface area (Å²) >= 11 is 6.23. The summed E-state index contributed by atoms with van der Waals surface area (Å²) in [6, 6.07) is 19.4. The van der Waals surface area contributed by atoms with Crippen LogP contribution in [0.2, 0.25) is 5.02 Å². The van der Waals surface area contributed by atoms with Crippen LogP contribution in [0.25, 0.3) is 11.1 Å². The minimum Gasteiger partial charge on any atom is -0.366 e. The van der Waals surface area contributed by atoms with Crippen molar-refractivity contribution in [3.63, 3.8) is 0 Å². The van der Waals surface area contributed by atoms with Gasteiger partial charge in [0, 0.05) is 41.8 Å². The number of hydrogen-bond acceptors (Lipinski definition) is 4. The molecule has 1 aliphatic rings. The fraction of sp³-hybridized carbons (Fsp3) is 0.321. The van der Waals surface area contributed by atoms with Crippen LogP contribution in [0.5, 0.6) is 0 Å². The number of nitrogens with two attached hydrogens (primary N) is 2. The van der Waals surface area contributed by atoms with Crippen LogP contribution >= 0.6 is 24.0 Å². The molecule has 1 fully saturated rings. The highest BCUT2D eigenvalue weighted by atomic mass is 35.5. The maximum absolute atomic E-state index is 13.2. The third kappa shape index (κ3) is 5.89. The van der Waals surface area contributed by atoms with Gasteiger partial charge in [0.05, 0.1) is 17.7 Å². The van der Waals surface area contributed by atoms with Crippen molar-refractivity contribution in [2.24, 2.45) is 11.5 Å². The Morgan fingerprint density at radius 3 is 2.36 bits per heavy atom. The quantitative estimate of drug-likeness (QED) is 0.463. The highest BCUT2D eigenvalue weighted by Gasteiger charge is 2.38. The van der Waals surface area contributed by atoms with E-state index in [1.54, 1.807) is 17.2 Å². The zero-order valence-corrected chi connectivity index (χ0v) is 21.9. The predicted octanol–water partition coefficient (Wildman–Crippen LogP) is 4.76. The molecule has 8 heteroatoms. The molecule has 3 aromatic rings. The molecule has 1 aromatic heterocycles. The van der Waals surface area contributed by atoms with Gasteiger partial charge in [0.1, 0.15) is 0 Å². The average molecular weight is 527 g/mol. The lowest BCUT2D eigenvalue weighted by atomic mass is 9.68. The first-order chi connectivity index (χ1) is 16.8. The summed E-state index contributed by atoms with van der Waals surface area (Å²) in [6.07, 6.45) is 5.15. The van der Waals surface area contributed by atoms with Crippen molar-refractivity contribution >= 4 is 35.8 Å². The smallest absolute Gasteiger partial charge is 0.250 e. The molecular weight excluding hydrogens is 495 g/mol. The number of halogens is 2. The number of likely N-dealkylation sites (N-methyl/N-ethyl adjacent to an activating group) is 1. The molecule has 0 unspecified atom stereocenters. The number of primary amides is 1. The van der Waals surface area contributed by atoms with Crippen molar-refractivity contribution in [2.75, 3.05) is 13.6 Å². The van der Waals surface area contributed by atoms with E-state index in [1.807, 2.05) is 55.6 Å². The van der Waals surface area contributed by atoms with E-state index in [1.165, 1.54) is 0 Å². The number of carbonyl (C=O) groups is 2. The number of carbonyl (C=O) groups excluding carboxylic acids is 2. The maximum Gasteiger partial charge on any atom is 0.250 e. The van der Waals surface area contributed by atoms with Crippen molar-refractivity contribution in [1.29, 1.82) is 0 Å². The van der Waals surface area contributed by atoms with Crippen LogP contribution in [0.1, 0.15) is 47.3 Å². The lowest BCUT2D eigenvalue weighted by Gasteiger charge is -2.42. The number of amides is 2. The zero-order valence-electron chi connectivity index (χ0n) is 20.3. The molecular formula is C28H32Cl2N4O2. The molecule has 0 atom stereocenters. The SMILES string of the molecule is CN(C(=O)Cc1ncc(-c2ccccc2)cc1C(N)=O)C1CCC(CN)(c2cccc(Cl)c2)CC1.Cl. The summed E-state index contributed by atoms with van der Waals surface area (Å²) in [4.78, 5) is 31.6. The van der Waals surface area contributed by atoms with E-state index in [0.717, 1.165) is 42.4 Å². The second kappa shape index (κ2) is 11.9. The van der Waals surface area contributed by atoms with Crippen molar-refractivity contribution < 1.29 is 9.59 Å². The largest absolute Gasteiger partial charge is 0.366 e. The lowest BCUT2D eigenvalue weighted by molar-refractivity contribution is -0.132. The van der Waals surface area contributed by atoms with Gasteiger partial charge in [-0.2, -0.15) is 0 Å². The van der Waals surface area contributed by atoms with E-state index in [4.69, 9.17) is 23.1 Å². The minimum absolute atomic E-state index is 0. The molecule has 1 saturated carbocycles. The van der Waals surface area contributed by atoms with Gasteiger partial charge in [-0.3, -0.25) is 14.6 Å². The van der Waals surface area contributed by atoms with Crippen molar-refractivity contribution in [1.82, 2.24) is 9.88 Å². The highest BCUT2D eigenvalue weighted by molar-refractivity contribution is 6.30. The van der Waals surface area contributed by atoms with Crippen LogP contribution < -0.4 is 11.5 Å². The monoisotopic (exact) mass is 526 g/mol. The van der Waals surface area contributed by atoms with Gasteiger partial charge < -0.3 is 16.4 Å². The Morgan fingerprint density at radius 1 is 1.06 bits per heavy atom. The van der Waals surface area contributed by atoms with Crippen LogP contribution in [0, 0.1) is 0 Å². The van der Waals surface area contributed by atoms with Crippen LogP contribution in [-0.4, -0.2) is 41.3 Å². The highest BCUT2D eigenvalue weighted by Crippen LogP contribution is 2.40. The van der Waals surface area contributed by atoms with Crippen LogP contribution in [0.3, 0.4) is 0 Å². The molecule has 2 amide bonds. The Bertz CT molecular complexity index is 1210. The molecule has 4 rings (SSSR count). The molecule has 0 aliphatic heterocycles. The first-order valence-electron chi connectivity index (χ1n) is 11.9. The second-order valence-electron chi connectivity index (χ2n) is 9.36. The zero-order chi connectivity index (χ0) is 25.0. The Morgan fingerprint density at radius 2 is 1.75 bits per heavy atom. The fourth-order valence-corrected chi connectivity index (χ4v) is 5.27. The number of rotatable bonds is 7. The summed E-state index contributed by atoms with van der Waals surface area (Å²) in [6.45, 7) is 0.539. The van der Waals surface area contributed by atoms with Gasteiger partial charge in [0.2, 0.25) is 5.91 Å². The van der Waals surface area contributed by atoms with E-state index in [9.17, 15) is 9.59 Å². The van der Waals surface area contributed by atoms with E-state index in [0.29, 0.717) is 17.3 Å². The first-order valence-corrected chi connectivity index (χ1v) is 12.3. The van der Waals surface area contributed by atoms with E-state index in [2.05, 4.69) is 11.1 Å². The van der Waals surface area contributed by atoms with Crippen LogP contribution in [0.15, 0.2) is 66.9 Å². The third-order valence-electron chi connectivity index (χ3n) is 7.34. The fourth-order valence-electron chi connectivity index (χ4n) is 5.08. The Labute approximate surface area is 223 Å². The normalized spacial score (nSPS) is 19.2. The lowest BCUT2D eigenvalue weighted by Crippen LogP contribution is -2.46. The molecule has 0 saturated heterocycles. The number of nitrogens with zero attached hydrogens (tertiary/aromatic N) is 2. The Hall–Kier alpha value is -2.93. The summed E-state index contributed by atoms with van der Waals surface area (Å²) < 4.78 is 0. The van der Waals surface area contributed by atoms with Gasteiger partial charge in [-0.1, -0.05) is 54.1 Å². The molecule has 6 nitrogen and oxygen atoms in total. The van der Waals surface area contributed by atoms with E-state index < -0.39 is 5.91 Å². The van der Waals surface area contributed by atoms with Gasteiger partial charge in [-0.15, -0.1) is 12.4 Å². The Balaban J connectivity index is 0.00000361. The van der Waals surface area contributed by atoms with Crippen molar-refractivity contribution in [3.8, 4) is 11.1 Å². The van der Waals surface area contributed by atoms with Crippen molar-refractivity contribution in [3.05, 3.63) is 88.7 Å². The number of benzene rings is 2. The molecule has 0 radical (unpaired) electrons. The van der Waals surface area contributed by atoms with Crippen molar-refractivity contribution in [2.45, 2.75) is 43.6 Å². The van der Waals surface area contributed by atoms with Gasteiger partial charge in [0.15, 0.2) is 0 Å². The van der Waals surface area contributed by atoms with Gasteiger partial charge in [-0.25, -0.2) is 0 Å². The molecule has 1 heterocycles. The molecule has 0 spiro atoms. The molecule has 1 aliphatic carbocycles. The summed E-state index contributed by atoms with van der Waals surface area (Å²) in [5.74, 6) is -0.673. The summed E-state index contributed by atoms with van der Waals surface area (Å²) in [7, 11) is 1.82. The van der Waals surface area contributed by atoms with Gasteiger partial charge >= 0.3 is 0 Å². The predicted molar refractivity (Wildman–Crippen MR) is 146 cm³/mol. The Kier molecular flexibility index (Phi) is 9.12. The van der Waals surface area contributed by atoms with Crippen LogP contribution in [0.4, 0.5) is 0 Å². The molecule has 2 aromatic carbocycles. The van der Waals surface area contributed by atoms with E-state index >= 15 is 0 Å². The number of hydrogen-bond donors (Lipinski definition) is 2. The maximum atomic E-state index is 13.2. The van der Waals surface area contributed by atoms with Crippen LogP contribution in [-0.2, 0) is 16.6 Å². The summed E-state index contributed by atoms with van der Waals surface area (Å²) in [5.41, 5.74) is 15.3. The topological polar surface area (TPSA) is 102 Å². The second-order valence-corrected chi connectivity index (χ2v) is 9.79. The minimum atomic E-state index is -0.590. The molecule has 0 bridgehead atoms. The van der Waals surface area contributed by atoms with Gasteiger partial charge in [-0.05, 0) is 55.0 Å². The third-order valence-corrected chi connectivity index (χ3v) is 7.58. The first kappa shape index (κ1) is 27.7. The molecule has 4 N–H and O–H groups in total. The summed E-state index contributed by atoms with van der Waals surface area (Å²) in [5, 5.41) is 0.709. The molecule has 190 valence electrons. The van der Waals surface area contributed by atoms with E-state index in [-0.39, 0.29) is 41.8 Å². The average Bonchev–Trinajstić information content (AvgIpc) is 2.89. The number of pyridine rings is 1. The van der Waals surface area contributed by atoms with Gasteiger partial charge in [0.25, 0.3) is 5.91 Å². The molecule has 36 heavy (non-hydrogen) atoms. The standard InChI is InChI=1S/C28H31ClN4O2.ClH/c1-33(23-10-12-28(18-30,13-11-23)21-8-5-9-22(29)15-21)26(34)16-25-24(27(31)35)14-20(17-32-25)19-6-3-2-4-7-19;/h2-9,14-15,17,23H,10-13,16,18,30H2,1H3,(H2,31,35);1H.